The average Bonchev–Trinajstić information content (AvgIpc) is 3.78. The van der Waals surface area contributed by atoms with E-state index in [1.54, 1.807) is 0 Å². The molecular weight excluding hydrogens is 587 g/mol. The van der Waals surface area contributed by atoms with Crippen molar-refractivity contribution in [2.45, 2.75) is 0 Å². The topological polar surface area (TPSA) is 30.3 Å². The van der Waals surface area contributed by atoms with Gasteiger partial charge in [0.15, 0.2) is 11.4 Å². The van der Waals surface area contributed by atoms with E-state index in [0.29, 0.717) is 4.48 Å². The van der Waals surface area contributed by atoms with Crippen LogP contribution in [0.15, 0.2) is 164 Å². The van der Waals surface area contributed by atoms with Crippen molar-refractivity contribution in [1.82, 2.24) is 14.0 Å². The van der Waals surface area contributed by atoms with Gasteiger partial charge in [0.05, 0.1) is 27.8 Å². The van der Waals surface area contributed by atoms with Crippen molar-refractivity contribution in [3.63, 3.8) is 0 Å². The van der Waals surface area contributed by atoms with Crippen LogP contribution in [0.4, 0.5) is 28.4 Å². The lowest BCUT2D eigenvalue weighted by molar-refractivity contribution is 0.602. The molecule has 0 saturated heterocycles. The minimum atomic E-state index is -0.232. The van der Waals surface area contributed by atoms with Gasteiger partial charge in [0.1, 0.15) is 22.9 Å². The molecule has 0 amide bonds. The largest absolute Gasteiger partial charge is 0.536 e. The molecule has 2 aromatic heterocycles. The Labute approximate surface area is 279 Å². The van der Waals surface area contributed by atoms with Crippen molar-refractivity contribution in [2.24, 2.45) is 0 Å². The first-order chi connectivity index (χ1) is 23.7. The quantitative estimate of drug-likeness (QED) is 0.146. The van der Waals surface area contributed by atoms with Crippen LogP contribution in [0.2, 0.25) is 0 Å². The van der Waals surface area contributed by atoms with Gasteiger partial charge in [-0.05, 0) is 61.0 Å². The second-order valence-electron chi connectivity index (χ2n) is 12.6. The molecule has 10 rings (SSSR count). The number of rotatable bonds is 4. The first kappa shape index (κ1) is 27.0. The molecule has 0 atom stereocenters. The standard InChI is InChI=1S/C42H30BN4O/c1-45-37-19-6-9-22-41(37)48-43(45)29-13-12-14-30(27-29)47(39-20-7-3-16-34(39)35-17-4-8-21-40(35)47)31-24-25-33-32-15-2-5-18-36(32)46(38(33)28-31)42-23-10-11-26-44-42/h2-28H,1H3/q+1. The van der Waals surface area contributed by atoms with Crippen LogP contribution in [0.5, 0.6) is 5.75 Å². The minimum Gasteiger partial charge on any atom is -0.536 e. The third kappa shape index (κ3) is 3.63. The van der Waals surface area contributed by atoms with E-state index >= 15 is 0 Å². The molecule has 2 aliphatic rings. The second-order valence-corrected chi connectivity index (χ2v) is 12.6. The van der Waals surface area contributed by atoms with Gasteiger partial charge in [-0.2, -0.15) is 4.48 Å². The molecule has 0 spiro atoms. The Morgan fingerprint density at radius 3 is 2.06 bits per heavy atom. The molecule has 0 N–H and O–H groups in total. The highest BCUT2D eigenvalue weighted by atomic mass is 16.5. The van der Waals surface area contributed by atoms with Gasteiger partial charge in [0, 0.05) is 53.4 Å². The fraction of sp³-hybridized carbons (Fsp3) is 0.0238. The van der Waals surface area contributed by atoms with Crippen LogP contribution in [0.25, 0.3) is 38.8 Å². The molecule has 5 nitrogen and oxygen atoms in total. The molecule has 6 heteroatoms. The van der Waals surface area contributed by atoms with Crippen molar-refractivity contribution in [3.8, 4) is 22.7 Å². The first-order valence-corrected chi connectivity index (χ1v) is 16.4. The van der Waals surface area contributed by atoms with Crippen molar-refractivity contribution in [1.29, 1.82) is 0 Å². The molecule has 4 heterocycles. The Morgan fingerprint density at radius 2 is 1.27 bits per heavy atom. The maximum absolute atomic E-state index is 6.57. The van der Waals surface area contributed by atoms with Crippen LogP contribution in [0.3, 0.4) is 0 Å². The smallest absolute Gasteiger partial charge is 0.519 e. The number of fused-ring (bicyclic) bond motifs is 7. The van der Waals surface area contributed by atoms with Crippen molar-refractivity contribution >= 4 is 62.8 Å². The van der Waals surface area contributed by atoms with Crippen LogP contribution < -0.4 is 19.4 Å². The lowest BCUT2D eigenvalue weighted by Crippen LogP contribution is -2.47. The fourth-order valence-corrected chi connectivity index (χ4v) is 8.08. The lowest BCUT2D eigenvalue weighted by atomic mass is 9.72. The van der Waals surface area contributed by atoms with E-state index in [1.165, 1.54) is 33.3 Å². The molecule has 8 aromatic rings. The number of aromatic nitrogens is 2. The third-order valence-electron chi connectivity index (χ3n) is 10.1. The van der Waals surface area contributed by atoms with Gasteiger partial charge in [-0.15, -0.1) is 0 Å². The van der Waals surface area contributed by atoms with Gasteiger partial charge >= 0.3 is 7.05 Å². The van der Waals surface area contributed by atoms with Gasteiger partial charge in [-0.1, -0.05) is 72.8 Å². The summed E-state index contributed by atoms with van der Waals surface area (Å²) in [6, 6.07) is 56.7. The third-order valence-corrected chi connectivity index (χ3v) is 10.1. The molecule has 6 aromatic carbocycles. The molecular formula is C42H30BN4O+. The number of quaternary nitrogens is 1. The molecule has 0 bridgehead atoms. The Hall–Kier alpha value is -6.11. The Bertz CT molecular complexity index is 2500. The van der Waals surface area contributed by atoms with E-state index < -0.39 is 0 Å². The van der Waals surface area contributed by atoms with E-state index in [1.807, 2.05) is 24.4 Å². The fourth-order valence-electron chi connectivity index (χ4n) is 8.08. The molecule has 0 saturated carbocycles. The Morgan fingerprint density at radius 1 is 0.583 bits per heavy atom. The van der Waals surface area contributed by atoms with Crippen LogP contribution in [0, 0.1) is 0 Å². The van der Waals surface area contributed by atoms with Crippen molar-refractivity contribution in [2.75, 3.05) is 11.9 Å². The monoisotopic (exact) mass is 617 g/mol. The summed E-state index contributed by atoms with van der Waals surface area (Å²) >= 11 is 0. The van der Waals surface area contributed by atoms with Crippen LogP contribution in [-0.2, 0) is 0 Å². The summed E-state index contributed by atoms with van der Waals surface area (Å²) in [7, 11) is 1.88. The highest BCUT2D eigenvalue weighted by Gasteiger charge is 2.49. The van der Waals surface area contributed by atoms with Crippen LogP contribution in [-0.4, -0.2) is 23.6 Å². The van der Waals surface area contributed by atoms with Gasteiger partial charge < -0.3 is 9.47 Å². The predicted molar refractivity (Wildman–Crippen MR) is 199 cm³/mol. The first-order valence-electron chi connectivity index (χ1n) is 16.4. The van der Waals surface area contributed by atoms with Crippen LogP contribution >= 0.6 is 0 Å². The lowest BCUT2D eigenvalue weighted by Gasteiger charge is -2.35. The van der Waals surface area contributed by atoms with Gasteiger partial charge in [0.25, 0.3) is 0 Å². The highest BCUT2D eigenvalue weighted by Crippen LogP contribution is 2.62. The number of para-hydroxylation sites is 5. The second kappa shape index (κ2) is 10.2. The predicted octanol–water partition coefficient (Wildman–Crippen LogP) is 9.69. The number of hydrogen-bond acceptors (Lipinski definition) is 3. The summed E-state index contributed by atoms with van der Waals surface area (Å²) in [5.41, 5.74) is 11.7. The Balaban J connectivity index is 1.27. The van der Waals surface area contributed by atoms with E-state index in [2.05, 4.69) is 156 Å². The van der Waals surface area contributed by atoms with Gasteiger partial charge in [-0.3, -0.25) is 4.57 Å². The molecule has 0 unspecified atom stereocenters. The molecule has 0 aliphatic carbocycles. The zero-order valence-corrected chi connectivity index (χ0v) is 26.4. The van der Waals surface area contributed by atoms with Crippen molar-refractivity contribution in [3.05, 3.63) is 164 Å². The minimum absolute atomic E-state index is 0.232. The average molecular weight is 618 g/mol. The SMILES string of the molecule is CN1B(c2cccc([N+]3(c4ccc5c6ccccc6n(-c6ccccn6)c5c4)c4ccccc4-c4ccccc43)c2)Oc2ccccc21. The number of pyridine rings is 1. The summed E-state index contributed by atoms with van der Waals surface area (Å²) in [6.45, 7) is 0. The molecule has 0 radical (unpaired) electrons. The van der Waals surface area contributed by atoms with E-state index in [0.717, 1.165) is 45.1 Å². The molecule has 48 heavy (non-hydrogen) atoms. The summed E-state index contributed by atoms with van der Waals surface area (Å²) < 4.78 is 9.31. The van der Waals surface area contributed by atoms with E-state index in [4.69, 9.17) is 9.64 Å². The maximum Gasteiger partial charge on any atom is 0.519 e. The van der Waals surface area contributed by atoms with Crippen LogP contribution in [0.1, 0.15) is 0 Å². The maximum atomic E-state index is 6.57. The highest BCUT2D eigenvalue weighted by molar-refractivity contribution is 6.73. The number of nitrogens with zero attached hydrogens (tertiary/aromatic N) is 4. The summed E-state index contributed by atoms with van der Waals surface area (Å²) in [6.07, 6.45) is 1.87. The van der Waals surface area contributed by atoms with E-state index in [9.17, 15) is 0 Å². The number of hydrogen-bond donors (Lipinski definition) is 0. The summed E-state index contributed by atoms with van der Waals surface area (Å²) in [5, 5.41) is 2.41. The van der Waals surface area contributed by atoms with Gasteiger partial charge in [0.2, 0.25) is 0 Å². The zero-order valence-electron chi connectivity index (χ0n) is 26.4. The Kier molecular flexibility index (Phi) is 5.75. The van der Waals surface area contributed by atoms with Crippen molar-refractivity contribution < 1.29 is 4.65 Å². The molecule has 0 fully saturated rings. The summed E-state index contributed by atoms with van der Waals surface area (Å²) in [4.78, 5) is 7.04. The molecule has 226 valence electrons. The van der Waals surface area contributed by atoms with E-state index in [-0.39, 0.29) is 7.05 Å². The van der Waals surface area contributed by atoms with Gasteiger partial charge in [-0.25, -0.2) is 4.98 Å². The molecule has 2 aliphatic heterocycles. The summed E-state index contributed by atoms with van der Waals surface area (Å²) in [5.74, 6) is 1.81. The zero-order chi connectivity index (χ0) is 31.8. The number of benzene rings is 6. The number of anilines is 1. The normalized spacial score (nSPS) is 14.2.